The Hall–Kier alpha value is -1.41. The first-order valence-corrected chi connectivity index (χ1v) is 12.6. The minimum absolute atomic E-state index is 0.198. The van der Waals surface area contributed by atoms with Crippen LogP contribution in [0.3, 0.4) is 0 Å². The summed E-state index contributed by atoms with van der Waals surface area (Å²) in [6.07, 6.45) is -0.744. The minimum atomic E-state index is -4.61. The molecular weight excluding hydrogens is 481 g/mol. The second-order valence-corrected chi connectivity index (χ2v) is 10.3. The van der Waals surface area contributed by atoms with Crippen LogP contribution in [0.1, 0.15) is 31.9 Å². The molecule has 1 saturated carbocycles. The molecule has 0 aromatic carbocycles. The van der Waals surface area contributed by atoms with Crippen LogP contribution in [0.5, 0.6) is 0 Å². The summed E-state index contributed by atoms with van der Waals surface area (Å²) in [5.41, 5.74) is 1.37. The van der Waals surface area contributed by atoms with Crippen molar-refractivity contribution in [2.75, 3.05) is 25.6 Å². The van der Waals surface area contributed by atoms with Crippen LogP contribution in [-0.4, -0.2) is 90.5 Å². The van der Waals surface area contributed by atoms with E-state index in [1.807, 2.05) is 0 Å². The van der Waals surface area contributed by atoms with Gasteiger partial charge in [-0.15, -0.1) is 5.10 Å². The SMILES string of the molecule is COCC(OC[C@H]1O[C@@H](n2nnc3c(NC4CCCC4)cc(Cl)nc32)[C@H](O)[C@@H]1O)P(=O)(O)O. The van der Waals surface area contributed by atoms with Crippen molar-refractivity contribution in [1.29, 1.82) is 0 Å². The molecule has 2 aromatic heterocycles. The topological polar surface area (TPSA) is 181 Å². The predicted molar refractivity (Wildman–Crippen MR) is 116 cm³/mol. The fourth-order valence-electron chi connectivity index (χ4n) is 4.12. The van der Waals surface area contributed by atoms with Gasteiger partial charge in [-0.05, 0) is 12.8 Å². The molecule has 15 heteroatoms. The molecule has 1 saturated heterocycles. The van der Waals surface area contributed by atoms with E-state index in [1.54, 1.807) is 6.07 Å². The third kappa shape index (κ3) is 5.31. The van der Waals surface area contributed by atoms with Gasteiger partial charge in [0.05, 0.1) is 18.9 Å². The molecule has 5 N–H and O–H groups in total. The number of fused-ring (bicyclic) bond motifs is 1. The van der Waals surface area contributed by atoms with Gasteiger partial charge in [-0.3, -0.25) is 4.57 Å². The maximum absolute atomic E-state index is 11.5. The Labute approximate surface area is 194 Å². The van der Waals surface area contributed by atoms with E-state index in [4.69, 9.17) is 25.8 Å². The van der Waals surface area contributed by atoms with E-state index in [2.05, 4.69) is 20.6 Å². The minimum Gasteiger partial charge on any atom is -0.387 e. The number of rotatable bonds is 9. The van der Waals surface area contributed by atoms with Gasteiger partial charge in [0.15, 0.2) is 23.2 Å². The first-order valence-electron chi connectivity index (χ1n) is 10.5. The lowest BCUT2D eigenvalue weighted by molar-refractivity contribution is -0.0830. The molecule has 0 spiro atoms. The van der Waals surface area contributed by atoms with Crippen LogP contribution in [-0.2, 0) is 18.8 Å². The number of hydrogen-bond acceptors (Lipinski definition) is 10. The first kappa shape index (κ1) is 24.7. The number of anilines is 1. The van der Waals surface area contributed by atoms with Crippen LogP contribution in [0.2, 0.25) is 5.15 Å². The molecule has 0 bridgehead atoms. The lowest BCUT2D eigenvalue weighted by atomic mass is 10.1. The molecule has 3 heterocycles. The highest BCUT2D eigenvalue weighted by Gasteiger charge is 2.46. The van der Waals surface area contributed by atoms with Crippen molar-refractivity contribution >= 4 is 36.0 Å². The van der Waals surface area contributed by atoms with Crippen LogP contribution in [0.4, 0.5) is 5.69 Å². The Bertz CT molecular complexity index is 1020. The van der Waals surface area contributed by atoms with E-state index in [0.29, 0.717) is 17.2 Å². The number of methoxy groups -OCH3 is 1. The summed E-state index contributed by atoms with van der Waals surface area (Å²) in [4.78, 5) is 23.0. The number of hydrogen-bond donors (Lipinski definition) is 5. The molecule has 1 unspecified atom stereocenters. The number of aliphatic hydroxyl groups excluding tert-OH is 2. The molecule has 5 atom stereocenters. The predicted octanol–water partition coefficient (Wildman–Crippen LogP) is 0.620. The van der Waals surface area contributed by atoms with E-state index in [1.165, 1.54) is 11.8 Å². The third-order valence-corrected chi connectivity index (χ3v) is 7.07. The van der Waals surface area contributed by atoms with Crippen molar-refractivity contribution in [2.45, 2.75) is 62.1 Å². The molecule has 4 rings (SSSR count). The van der Waals surface area contributed by atoms with E-state index in [-0.39, 0.29) is 17.4 Å². The third-order valence-electron chi connectivity index (χ3n) is 5.83. The van der Waals surface area contributed by atoms with Gasteiger partial charge in [-0.2, -0.15) is 4.68 Å². The molecule has 13 nitrogen and oxygen atoms in total. The van der Waals surface area contributed by atoms with Crippen LogP contribution in [0, 0.1) is 0 Å². The Balaban J connectivity index is 1.53. The molecule has 184 valence electrons. The lowest BCUT2D eigenvalue weighted by Crippen LogP contribution is -2.35. The largest absolute Gasteiger partial charge is 0.387 e. The summed E-state index contributed by atoms with van der Waals surface area (Å²) in [5.74, 6) is -1.54. The fourth-order valence-corrected chi connectivity index (χ4v) is 4.93. The maximum Gasteiger partial charge on any atom is 0.356 e. The van der Waals surface area contributed by atoms with E-state index >= 15 is 0 Å². The van der Waals surface area contributed by atoms with Gasteiger partial charge in [0.2, 0.25) is 0 Å². The van der Waals surface area contributed by atoms with Gasteiger partial charge < -0.3 is 39.5 Å². The Morgan fingerprint density at radius 3 is 2.73 bits per heavy atom. The van der Waals surface area contributed by atoms with Gasteiger partial charge in [0.25, 0.3) is 0 Å². The maximum atomic E-state index is 11.5. The number of nitrogens with one attached hydrogen (secondary N) is 1. The van der Waals surface area contributed by atoms with Crippen LogP contribution in [0.25, 0.3) is 11.2 Å². The van der Waals surface area contributed by atoms with Crippen LogP contribution >= 0.6 is 19.2 Å². The van der Waals surface area contributed by atoms with Gasteiger partial charge in [0.1, 0.15) is 23.5 Å². The fraction of sp³-hybridized carbons (Fsp3) is 0.722. The van der Waals surface area contributed by atoms with Gasteiger partial charge in [0, 0.05) is 19.2 Å². The lowest BCUT2D eigenvalue weighted by Gasteiger charge is -2.21. The second-order valence-electron chi connectivity index (χ2n) is 8.20. The highest BCUT2D eigenvalue weighted by atomic mass is 35.5. The molecule has 0 amide bonds. The molecule has 0 radical (unpaired) electrons. The summed E-state index contributed by atoms with van der Waals surface area (Å²) in [5, 5.41) is 32.9. The summed E-state index contributed by atoms with van der Waals surface area (Å²) in [6.45, 7) is -0.755. The summed E-state index contributed by atoms with van der Waals surface area (Å²) in [7, 11) is -3.34. The van der Waals surface area contributed by atoms with E-state index < -0.39 is 44.6 Å². The first-order chi connectivity index (χ1) is 15.7. The normalized spacial score (nSPS) is 27.5. The van der Waals surface area contributed by atoms with Gasteiger partial charge in [-0.25, -0.2) is 4.98 Å². The van der Waals surface area contributed by atoms with Crippen LogP contribution < -0.4 is 5.32 Å². The molecule has 2 aliphatic rings. The quantitative estimate of drug-likeness (QED) is 0.236. The number of aliphatic hydroxyl groups is 2. The zero-order chi connectivity index (χ0) is 23.8. The average molecular weight is 508 g/mol. The van der Waals surface area contributed by atoms with E-state index in [9.17, 15) is 24.6 Å². The second kappa shape index (κ2) is 10.1. The number of aromatic nitrogens is 4. The smallest absolute Gasteiger partial charge is 0.356 e. The van der Waals surface area contributed by atoms with Crippen molar-refractivity contribution in [2.24, 2.45) is 0 Å². The highest BCUT2D eigenvalue weighted by molar-refractivity contribution is 7.52. The molecule has 1 aliphatic heterocycles. The average Bonchev–Trinajstić information content (AvgIpc) is 3.46. The summed E-state index contributed by atoms with van der Waals surface area (Å²) >= 11 is 6.22. The monoisotopic (exact) mass is 507 g/mol. The molecule has 2 fully saturated rings. The zero-order valence-electron chi connectivity index (χ0n) is 17.8. The summed E-state index contributed by atoms with van der Waals surface area (Å²) < 4.78 is 28.5. The summed E-state index contributed by atoms with van der Waals surface area (Å²) in [6, 6.07) is 1.96. The van der Waals surface area contributed by atoms with Crippen LogP contribution in [0.15, 0.2) is 6.07 Å². The number of halogens is 1. The van der Waals surface area contributed by atoms with Gasteiger partial charge >= 0.3 is 7.60 Å². The van der Waals surface area contributed by atoms with Crippen molar-refractivity contribution in [1.82, 2.24) is 20.0 Å². The Morgan fingerprint density at radius 2 is 2.06 bits per heavy atom. The number of nitrogens with zero attached hydrogens (tertiary/aromatic N) is 4. The Kier molecular flexibility index (Phi) is 7.53. The molecule has 1 aliphatic carbocycles. The standard InChI is InChI=1S/C18H27ClN5O8P/c1-30-8-13(33(27,28)29)31-7-11-15(25)16(26)18(32-11)24-17-14(22-23-24)10(6-12(19)21-17)20-9-4-2-3-5-9/h6,9,11,13,15-16,18,25-26H,2-5,7-8H2,1H3,(H,20,21)(H2,27,28,29)/t11-,13?,15-,16-,18-/m1/s1. The zero-order valence-corrected chi connectivity index (χ0v) is 19.5. The number of pyridine rings is 1. The van der Waals surface area contributed by atoms with Crippen molar-refractivity contribution in [3.8, 4) is 0 Å². The Morgan fingerprint density at radius 1 is 1.33 bits per heavy atom. The molecule has 2 aromatic rings. The molecular formula is C18H27ClN5O8P. The highest BCUT2D eigenvalue weighted by Crippen LogP contribution is 2.42. The van der Waals surface area contributed by atoms with E-state index in [0.717, 1.165) is 25.7 Å². The molecule has 33 heavy (non-hydrogen) atoms. The van der Waals surface area contributed by atoms with Crippen molar-refractivity contribution < 1.29 is 38.8 Å². The van der Waals surface area contributed by atoms with Crippen molar-refractivity contribution in [3.63, 3.8) is 0 Å². The van der Waals surface area contributed by atoms with Gasteiger partial charge in [-0.1, -0.05) is 29.7 Å². The number of ether oxygens (including phenoxy) is 3. The van der Waals surface area contributed by atoms with Crippen molar-refractivity contribution in [3.05, 3.63) is 11.2 Å².